The summed E-state index contributed by atoms with van der Waals surface area (Å²) in [7, 11) is 2.94. The van der Waals surface area contributed by atoms with Gasteiger partial charge in [-0.3, -0.25) is 14.5 Å². The second-order valence-electron chi connectivity index (χ2n) is 5.78. The zero-order chi connectivity index (χ0) is 18.7. The molecule has 136 valence electrons. The molecule has 0 saturated carbocycles. The average Bonchev–Trinajstić information content (AvgIpc) is 3.00. The topological polar surface area (TPSA) is 99.2 Å². The minimum absolute atomic E-state index is 0.0781. The normalized spacial score (nSPS) is 19.6. The van der Waals surface area contributed by atoms with E-state index in [0.29, 0.717) is 5.69 Å². The Morgan fingerprint density at radius 2 is 2.08 bits per heavy atom. The van der Waals surface area contributed by atoms with Gasteiger partial charge < -0.3 is 20.1 Å². The van der Waals surface area contributed by atoms with E-state index in [9.17, 15) is 23.9 Å². The van der Waals surface area contributed by atoms with Crippen LogP contribution in [0.4, 0.5) is 20.6 Å². The summed E-state index contributed by atoms with van der Waals surface area (Å²) in [6.45, 7) is 1.43. The molecule has 0 aromatic heterocycles. The summed E-state index contributed by atoms with van der Waals surface area (Å²) in [5, 5.41) is 11.6. The number of benzene rings is 1. The van der Waals surface area contributed by atoms with Gasteiger partial charge in [-0.05, 0) is 18.2 Å². The zero-order valence-electron chi connectivity index (χ0n) is 14.2. The standard InChI is InChI=1S/C16H20FN3O5/c1-9(21)19(2)10-4-5-13(12(17)6-10)18-15(22)14-7-11(25-3)8-20(14)16(23)24/h4-6,11,14H,7-8H2,1-3H3,(H,18,22)(H,23,24). The zero-order valence-corrected chi connectivity index (χ0v) is 14.2. The van der Waals surface area contributed by atoms with Crippen LogP contribution < -0.4 is 10.2 Å². The van der Waals surface area contributed by atoms with Crippen molar-refractivity contribution in [1.82, 2.24) is 4.90 Å². The van der Waals surface area contributed by atoms with Gasteiger partial charge in [-0.2, -0.15) is 0 Å². The molecule has 3 amide bonds. The summed E-state index contributed by atoms with van der Waals surface area (Å²) in [5.74, 6) is -1.61. The number of nitrogens with one attached hydrogen (secondary N) is 1. The van der Waals surface area contributed by atoms with Gasteiger partial charge in [0.1, 0.15) is 11.9 Å². The molecule has 1 fully saturated rings. The van der Waals surface area contributed by atoms with Crippen LogP contribution in [-0.2, 0) is 14.3 Å². The lowest BCUT2D eigenvalue weighted by molar-refractivity contribution is -0.120. The van der Waals surface area contributed by atoms with Crippen molar-refractivity contribution in [3.8, 4) is 0 Å². The number of hydrogen-bond acceptors (Lipinski definition) is 4. The van der Waals surface area contributed by atoms with Gasteiger partial charge in [0.15, 0.2) is 0 Å². The highest BCUT2D eigenvalue weighted by molar-refractivity contribution is 5.97. The third-order valence-electron chi connectivity index (χ3n) is 4.21. The molecule has 1 aliphatic rings. The van der Waals surface area contributed by atoms with E-state index in [4.69, 9.17) is 4.74 Å². The van der Waals surface area contributed by atoms with E-state index in [1.54, 1.807) is 0 Å². The molecule has 2 N–H and O–H groups in total. The quantitative estimate of drug-likeness (QED) is 0.855. The molecule has 1 heterocycles. The van der Waals surface area contributed by atoms with Crippen LogP contribution in [0, 0.1) is 5.82 Å². The second kappa shape index (κ2) is 7.47. The lowest BCUT2D eigenvalue weighted by Gasteiger charge is -2.21. The lowest BCUT2D eigenvalue weighted by atomic mass is 10.1. The Morgan fingerprint density at radius 3 is 2.60 bits per heavy atom. The third-order valence-corrected chi connectivity index (χ3v) is 4.21. The molecular weight excluding hydrogens is 333 g/mol. The Morgan fingerprint density at radius 1 is 1.40 bits per heavy atom. The first kappa shape index (κ1) is 18.7. The van der Waals surface area contributed by atoms with Crippen molar-refractivity contribution in [2.45, 2.75) is 25.5 Å². The molecule has 0 aliphatic carbocycles. The molecule has 0 radical (unpaired) electrons. The summed E-state index contributed by atoms with van der Waals surface area (Å²) < 4.78 is 19.3. The van der Waals surface area contributed by atoms with Crippen LogP contribution in [0.5, 0.6) is 0 Å². The third kappa shape index (κ3) is 4.05. The van der Waals surface area contributed by atoms with Gasteiger partial charge in [-0.25, -0.2) is 9.18 Å². The average molecular weight is 353 g/mol. The first-order valence-corrected chi connectivity index (χ1v) is 7.61. The Balaban J connectivity index is 2.14. The fourth-order valence-corrected chi connectivity index (χ4v) is 2.64. The Hall–Kier alpha value is -2.68. The van der Waals surface area contributed by atoms with Crippen LogP contribution >= 0.6 is 0 Å². The molecule has 1 saturated heterocycles. The van der Waals surface area contributed by atoms with Gasteiger partial charge in [0.25, 0.3) is 0 Å². The van der Waals surface area contributed by atoms with Gasteiger partial charge in [0, 0.05) is 33.2 Å². The van der Waals surface area contributed by atoms with Gasteiger partial charge in [-0.1, -0.05) is 0 Å². The van der Waals surface area contributed by atoms with Crippen molar-refractivity contribution >= 4 is 29.3 Å². The molecule has 2 unspecified atom stereocenters. The summed E-state index contributed by atoms with van der Waals surface area (Å²) in [6.07, 6.45) is -1.43. The van der Waals surface area contributed by atoms with Crippen LogP contribution in [0.25, 0.3) is 0 Å². The van der Waals surface area contributed by atoms with E-state index >= 15 is 0 Å². The molecule has 0 spiro atoms. The number of methoxy groups -OCH3 is 1. The minimum atomic E-state index is -1.24. The number of nitrogens with zero attached hydrogens (tertiary/aromatic N) is 2. The maximum Gasteiger partial charge on any atom is 0.408 e. The van der Waals surface area contributed by atoms with Gasteiger partial charge in [0.05, 0.1) is 18.3 Å². The van der Waals surface area contributed by atoms with Crippen molar-refractivity contribution in [3.63, 3.8) is 0 Å². The van der Waals surface area contributed by atoms with Gasteiger partial charge in [-0.15, -0.1) is 0 Å². The van der Waals surface area contributed by atoms with E-state index in [2.05, 4.69) is 5.32 Å². The molecule has 0 bridgehead atoms. The monoisotopic (exact) mass is 353 g/mol. The number of halogens is 1. The van der Waals surface area contributed by atoms with Crippen LogP contribution in [0.1, 0.15) is 13.3 Å². The van der Waals surface area contributed by atoms with Crippen molar-refractivity contribution in [1.29, 1.82) is 0 Å². The molecule has 1 aromatic carbocycles. The number of hydrogen-bond donors (Lipinski definition) is 2. The summed E-state index contributed by atoms with van der Waals surface area (Å²) in [5.41, 5.74) is 0.257. The Kier molecular flexibility index (Phi) is 5.58. The summed E-state index contributed by atoms with van der Waals surface area (Å²) >= 11 is 0. The maximum atomic E-state index is 14.2. The Bertz CT molecular complexity index is 696. The molecule has 1 aliphatic heterocycles. The van der Waals surface area contributed by atoms with Crippen molar-refractivity contribution in [2.24, 2.45) is 0 Å². The fraction of sp³-hybridized carbons (Fsp3) is 0.438. The van der Waals surface area contributed by atoms with Crippen LogP contribution in [0.3, 0.4) is 0 Å². The van der Waals surface area contributed by atoms with Crippen molar-refractivity contribution in [3.05, 3.63) is 24.0 Å². The predicted octanol–water partition coefficient (Wildman–Crippen LogP) is 1.51. The lowest BCUT2D eigenvalue weighted by Crippen LogP contribution is -2.42. The number of carbonyl (C=O) groups is 3. The smallest absolute Gasteiger partial charge is 0.408 e. The van der Waals surface area contributed by atoms with Crippen LogP contribution in [0.15, 0.2) is 18.2 Å². The molecular formula is C16H20FN3O5. The number of carboxylic acid groups (broad SMARTS) is 1. The van der Waals surface area contributed by atoms with E-state index in [1.807, 2.05) is 0 Å². The number of amides is 3. The van der Waals surface area contributed by atoms with Gasteiger partial charge >= 0.3 is 6.09 Å². The predicted molar refractivity (Wildman–Crippen MR) is 88.0 cm³/mol. The largest absolute Gasteiger partial charge is 0.465 e. The van der Waals surface area contributed by atoms with Crippen molar-refractivity contribution < 1.29 is 28.6 Å². The first-order chi connectivity index (χ1) is 11.7. The molecule has 1 aromatic rings. The molecule has 9 heteroatoms. The molecule has 2 atom stereocenters. The van der Waals surface area contributed by atoms with Crippen molar-refractivity contribution in [2.75, 3.05) is 30.9 Å². The highest BCUT2D eigenvalue weighted by Crippen LogP contribution is 2.25. The molecule has 25 heavy (non-hydrogen) atoms. The van der Waals surface area contributed by atoms with E-state index < -0.39 is 23.9 Å². The number of rotatable bonds is 4. The van der Waals surface area contributed by atoms with Gasteiger partial charge in [0.2, 0.25) is 11.8 Å². The number of likely N-dealkylation sites (tertiary alicyclic amines) is 1. The molecule has 8 nitrogen and oxygen atoms in total. The number of ether oxygens (including phenoxy) is 1. The summed E-state index contributed by atoms with van der Waals surface area (Å²) in [4.78, 5) is 37.2. The molecule has 2 rings (SSSR count). The number of carbonyl (C=O) groups excluding carboxylic acids is 2. The van der Waals surface area contributed by atoms with E-state index in [1.165, 1.54) is 38.1 Å². The second-order valence-corrected chi connectivity index (χ2v) is 5.78. The number of anilines is 2. The Labute approximate surface area is 144 Å². The van der Waals surface area contributed by atoms with E-state index in [-0.39, 0.29) is 30.7 Å². The highest BCUT2D eigenvalue weighted by Gasteiger charge is 2.40. The van der Waals surface area contributed by atoms with Crippen LogP contribution in [0.2, 0.25) is 0 Å². The maximum absolute atomic E-state index is 14.2. The minimum Gasteiger partial charge on any atom is -0.465 e. The highest BCUT2D eigenvalue weighted by atomic mass is 19.1. The van der Waals surface area contributed by atoms with E-state index in [0.717, 1.165) is 11.0 Å². The fourth-order valence-electron chi connectivity index (χ4n) is 2.64. The SMILES string of the molecule is COC1CC(C(=O)Nc2ccc(N(C)C(C)=O)cc2F)N(C(=O)O)C1. The first-order valence-electron chi connectivity index (χ1n) is 7.61. The van der Waals surface area contributed by atoms with Crippen LogP contribution in [-0.4, -0.2) is 60.8 Å². The summed E-state index contributed by atoms with van der Waals surface area (Å²) in [6, 6.07) is 2.98.